The minimum absolute atomic E-state index is 0.0121. The molecule has 2 saturated heterocycles. The van der Waals surface area contributed by atoms with Gasteiger partial charge in [-0.25, -0.2) is 9.78 Å². The van der Waals surface area contributed by atoms with Gasteiger partial charge in [0.15, 0.2) is 0 Å². The van der Waals surface area contributed by atoms with Gasteiger partial charge in [-0.3, -0.25) is 20.0 Å². The smallest absolute Gasteiger partial charge is 0.433 e. The van der Waals surface area contributed by atoms with E-state index in [1.165, 1.54) is 7.11 Å². The van der Waals surface area contributed by atoms with Crippen molar-refractivity contribution in [1.82, 2.24) is 20.2 Å². The molecule has 0 radical (unpaired) electrons. The summed E-state index contributed by atoms with van der Waals surface area (Å²) in [5.41, 5.74) is 6.32. The largest absolute Gasteiger partial charge is 0.451 e. The first-order valence-corrected chi connectivity index (χ1v) is 14.5. The maximum Gasteiger partial charge on any atom is 0.433 e. The number of hydrazine groups is 1. The fourth-order valence-corrected chi connectivity index (χ4v) is 6.31. The van der Waals surface area contributed by atoms with E-state index in [9.17, 15) is 22.8 Å². The van der Waals surface area contributed by atoms with Gasteiger partial charge in [-0.15, -0.1) is 0 Å². The molecule has 44 heavy (non-hydrogen) atoms. The molecule has 2 bridgehead atoms. The predicted molar refractivity (Wildman–Crippen MR) is 161 cm³/mol. The van der Waals surface area contributed by atoms with Crippen LogP contribution in [0.15, 0.2) is 84.9 Å². The van der Waals surface area contributed by atoms with Crippen molar-refractivity contribution in [3.05, 3.63) is 96.1 Å². The molecule has 1 N–H and O–H groups in total. The Labute approximate surface area is 253 Å². The molecule has 3 aromatic carbocycles. The summed E-state index contributed by atoms with van der Waals surface area (Å²) in [4.78, 5) is 36.3. The number of para-hydroxylation sites is 2. The second-order valence-electron chi connectivity index (χ2n) is 11.1. The molecule has 0 aliphatic carbocycles. The number of alkyl halides is 3. The molecule has 0 unspecified atom stereocenters. The van der Waals surface area contributed by atoms with Crippen molar-refractivity contribution in [3.63, 3.8) is 0 Å². The summed E-state index contributed by atoms with van der Waals surface area (Å²) in [6.07, 6.45) is -5.01. The SMILES string of the molecule is COC(=O)N(NC(=O)c1c(CN2C[C@H]3C[C@@H]2CN3CCC(F)(F)F)c(-c2ccccc2)nc2ccccc12)c1ccccc1. The number of nitrogens with one attached hydrogen (secondary N) is 1. The highest BCUT2D eigenvalue weighted by molar-refractivity contribution is 6.10. The van der Waals surface area contributed by atoms with Crippen molar-refractivity contribution < 1.29 is 27.5 Å². The zero-order valence-corrected chi connectivity index (χ0v) is 24.1. The van der Waals surface area contributed by atoms with Gasteiger partial charge in [0.05, 0.1) is 36.0 Å². The van der Waals surface area contributed by atoms with Gasteiger partial charge in [-0.2, -0.15) is 18.2 Å². The average Bonchev–Trinajstić information content (AvgIpc) is 3.63. The molecule has 2 fully saturated rings. The number of ether oxygens (including phenoxy) is 1. The molecule has 0 saturated carbocycles. The maximum atomic E-state index is 14.3. The van der Waals surface area contributed by atoms with Gasteiger partial charge in [0.25, 0.3) is 5.91 Å². The minimum atomic E-state index is -4.19. The molecule has 8 nitrogen and oxygen atoms in total. The number of carbonyl (C=O) groups is 2. The Kier molecular flexibility index (Phi) is 8.24. The normalized spacial score (nSPS) is 18.5. The van der Waals surface area contributed by atoms with Crippen molar-refractivity contribution in [1.29, 1.82) is 0 Å². The summed E-state index contributed by atoms with van der Waals surface area (Å²) in [5, 5.41) is 1.69. The van der Waals surface area contributed by atoms with Gasteiger partial charge < -0.3 is 4.74 Å². The summed E-state index contributed by atoms with van der Waals surface area (Å²) >= 11 is 0. The van der Waals surface area contributed by atoms with E-state index in [2.05, 4.69) is 10.3 Å². The van der Waals surface area contributed by atoms with Gasteiger partial charge in [0.2, 0.25) is 0 Å². The van der Waals surface area contributed by atoms with E-state index in [0.29, 0.717) is 53.0 Å². The molecule has 228 valence electrons. The van der Waals surface area contributed by atoms with Crippen LogP contribution >= 0.6 is 0 Å². The number of anilines is 1. The molecule has 2 amide bonds. The highest BCUT2D eigenvalue weighted by Crippen LogP contribution is 2.37. The highest BCUT2D eigenvalue weighted by atomic mass is 19.4. The number of benzene rings is 3. The number of likely N-dealkylation sites (tertiary alicyclic amines) is 2. The average molecular weight is 604 g/mol. The summed E-state index contributed by atoms with van der Waals surface area (Å²) in [5.74, 6) is -0.513. The molecule has 2 atom stereocenters. The van der Waals surface area contributed by atoms with Crippen LogP contribution in [0.1, 0.15) is 28.8 Å². The molecule has 2 aliphatic rings. The van der Waals surface area contributed by atoms with E-state index in [0.717, 1.165) is 17.0 Å². The quantitative estimate of drug-likeness (QED) is 0.260. The second-order valence-corrected chi connectivity index (χ2v) is 11.1. The topological polar surface area (TPSA) is 78.0 Å². The third-order valence-electron chi connectivity index (χ3n) is 8.36. The van der Waals surface area contributed by atoms with E-state index in [-0.39, 0.29) is 18.6 Å². The number of aromatic nitrogens is 1. The molecular weight excluding hydrogens is 571 g/mol. The lowest BCUT2D eigenvalue weighted by Gasteiger charge is -2.35. The molecule has 1 aromatic heterocycles. The number of halogens is 3. The van der Waals surface area contributed by atoms with Gasteiger partial charge in [0, 0.05) is 54.8 Å². The first kappa shape index (κ1) is 29.6. The van der Waals surface area contributed by atoms with Crippen molar-refractivity contribution in [2.45, 2.75) is 37.6 Å². The summed E-state index contributed by atoms with van der Waals surface area (Å²) in [7, 11) is 1.24. The third kappa shape index (κ3) is 6.11. The summed E-state index contributed by atoms with van der Waals surface area (Å²) < 4.78 is 43.8. The lowest BCUT2D eigenvalue weighted by Crippen LogP contribution is -2.48. The first-order chi connectivity index (χ1) is 21.2. The Bertz CT molecular complexity index is 1650. The van der Waals surface area contributed by atoms with Crippen LogP contribution in [0.4, 0.5) is 23.7 Å². The number of amides is 2. The third-order valence-corrected chi connectivity index (χ3v) is 8.36. The van der Waals surface area contributed by atoms with Gasteiger partial charge in [-0.1, -0.05) is 66.7 Å². The Morgan fingerprint density at radius 2 is 1.57 bits per heavy atom. The molecule has 6 rings (SSSR count). The Hall–Kier alpha value is -4.48. The van der Waals surface area contributed by atoms with Crippen LogP contribution in [0.5, 0.6) is 0 Å². The van der Waals surface area contributed by atoms with Crippen molar-refractivity contribution in [3.8, 4) is 11.3 Å². The molecule has 11 heteroatoms. The predicted octanol–water partition coefficient (Wildman–Crippen LogP) is 6.03. The highest BCUT2D eigenvalue weighted by Gasteiger charge is 2.44. The van der Waals surface area contributed by atoms with Crippen LogP contribution in [0.3, 0.4) is 0 Å². The second kappa shape index (κ2) is 12.3. The van der Waals surface area contributed by atoms with E-state index in [1.807, 2.05) is 59.5 Å². The van der Waals surface area contributed by atoms with Crippen LogP contribution in [0.25, 0.3) is 22.2 Å². The van der Waals surface area contributed by atoms with Crippen molar-refractivity contribution in [2.75, 3.05) is 31.8 Å². The fourth-order valence-electron chi connectivity index (χ4n) is 6.31. The van der Waals surface area contributed by atoms with Gasteiger partial charge >= 0.3 is 12.3 Å². The summed E-state index contributed by atoms with van der Waals surface area (Å²) in [6.45, 7) is 1.47. The van der Waals surface area contributed by atoms with E-state index in [1.54, 1.807) is 30.3 Å². The number of carbonyl (C=O) groups excluding carboxylic acids is 2. The van der Waals surface area contributed by atoms with Gasteiger partial charge in [0.1, 0.15) is 0 Å². The number of fused-ring (bicyclic) bond motifs is 3. The molecular formula is C33H32F3N5O3. The van der Waals surface area contributed by atoms with Crippen LogP contribution in [0.2, 0.25) is 0 Å². The molecule has 0 spiro atoms. The standard InChI is InChI=1S/C33H32F3N5O3/c1-44-32(43)41(23-12-6-3-7-13-23)38-31(42)29-26-14-8-9-15-28(26)37-30(22-10-4-2-5-11-22)27(29)21-40-20-24-18-25(40)19-39(24)17-16-33(34,35)36/h2-15,24-25H,16-21H2,1H3,(H,38,42)/t24-,25-/m1/s1. The van der Waals surface area contributed by atoms with Crippen molar-refractivity contribution in [2.24, 2.45) is 0 Å². The minimum Gasteiger partial charge on any atom is -0.451 e. The van der Waals surface area contributed by atoms with Crippen LogP contribution < -0.4 is 10.4 Å². The van der Waals surface area contributed by atoms with Gasteiger partial charge in [-0.05, 0) is 24.6 Å². The molecule has 2 aliphatic heterocycles. The zero-order chi connectivity index (χ0) is 30.8. The van der Waals surface area contributed by atoms with E-state index in [4.69, 9.17) is 9.72 Å². The van der Waals surface area contributed by atoms with Crippen molar-refractivity contribution >= 4 is 28.6 Å². The number of rotatable bonds is 7. The lowest BCUT2D eigenvalue weighted by atomic mass is 9.95. The zero-order valence-electron chi connectivity index (χ0n) is 24.1. The number of pyridine rings is 1. The summed E-state index contributed by atoms with van der Waals surface area (Å²) in [6, 6.07) is 25.7. The Morgan fingerprint density at radius 3 is 2.23 bits per heavy atom. The Morgan fingerprint density at radius 1 is 0.932 bits per heavy atom. The molecule has 3 heterocycles. The van der Waals surface area contributed by atoms with Crippen LogP contribution in [0, 0.1) is 0 Å². The fraction of sp³-hybridized carbons (Fsp3) is 0.303. The Balaban J connectivity index is 1.40. The monoisotopic (exact) mass is 603 g/mol. The molecule has 4 aromatic rings. The van der Waals surface area contributed by atoms with E-state index >= 15 is 0 Å². The number of piperazine rings is 1. The first-order valence-electron chi connectivity index (χ1n) is 14.5. The number of nitrogens with zero attached hydrogens (tertiary/aromatic N) is 4. The number of hydrogen-bond donors (Lipinski definition) is 1. The number of hydrogen-bond acceptors (Lipinski definition) is 6. The van der Waals surface area contributed by atoms with Crippen LogP contribution in [-0.2, 0) is 11.3 Å². The maximum absolute atomic E-state index is 14.3. The lowest BCUT2D eigenvalue weighted by molar-refractivity contribution is -0.139. The van der Waals surface area contributed by atoms with Crippen LogP contribution in [-0.4, -0.2) is 71.8 Å². The number of methoxy groups -OCH3 is 1. The van der Waals surface area contributed by atoms with E-state index < -0.39 is 24.6 Å².